The van der Waals surface area contributed by atoms with Crippen molar-refractivity contribution in [3.8, 4) is 6.07 Å². The van der Waals surface area contributed by atoms with Crippen molar-refractivity contribution >= 4 is 17.1 Å². The van der Waals surface area contributed by atoms with Crippen molar-refractivity contribution in [1.29, 1.82) is 5.26 Å². The molecule has 0 amide bonds. The van der Waals surface area contributed by atoms with Crippen LogP contribution in [0.2, 0.25) is 0 Å². The lowest BCUT2D eigenvalue weighted by Gasteiger charge is -2.12. The molecule has 0 aliphatic heterocycles. The summed E-state index contributed by atoms with van der Waals surface area (Å²) in [6.45, 7) is 3.70. The molecular weight excluding hydrogens is 398 g/mol. The van der Waals surface area contributed by atoms with Crippen LogP contribution < -0.4 is 11.2 Å². The van der Waals surface area contributed by atoms with E-state index in [9.17, 15) is 19.6 Å². The Labute approximate surface area is 179 Å². The molecule has 0 N–H and O–H groups in total. The predicted molar refractivity (Wildman–Crippen MR) is 115 cm³/mol. The summed E-state index contributed by atoms with van der Waals surface area (Å²) in [5.41, 5.74) is 0.408. The number of imidazole rings is 1. The molecule has 9 heteroatoms. The number of unbranched alkanes of at least 4 members (excludes halogenated alkanes) is 1. The molecule has 162 valence electrons. The number of nitrogens with zero attached hydrogens (tertiary/aromatic N) is 5. The van der Waals surface area contributed by atoms with Gasteiger partial charge in [0, 0.05) is 20.5 Å². The summed E-state index contributed by atoms with van der Waals surface area (Å²) >= 11 is 0. The molecule has 2 heterocycles. The highest BCUT2D eigenvalue weighted by Gasteiger charge is 2.20. The van der Waals surface area contributed by atoms with Crippen LogP contribution in [0.15, 0.2) is 39.9 Å². The quantitative estimate of drug-likeness (QED) is 0.404. The van der Waals surface area contributed by atoms with Crippen molar-refractivity contribution in [1.82, 2.24) is 18.7 Å². The van der Waals surface area contributed by atoms with Crippen LogP contribution in [0.25, 0.3) is 11.2 Å². The normalized spacial score (nSPS) is 11.9. The highest BCUT2D eigenvalue weighted by molar-refractivity contribution is 5.72. The monoisotopic (exact) mass is 423 g/mol. The zero-order chi connectivity index (χ0) is 22.5. The molecule has 3 rings (SSSR count). The van der Waals surface area contributed by atoms with E-state index in [0.29, 0.717) is 25.8 Å². The molecule has 0 saturated heterocycles. The number of aryl methyl sites for hydroxylation is 1. The number of esters is 1. The molecule has 0 fully saturated rings. The van der Waals surface area contributed by atoms with Crippen molar-refractivity contribution < 1.29 is 9.53 Å². The van der Waals surface area contributed by atoms with Gasteiger partial charge in [0.1, 0.15) is 6.07 Å². The summed E-state index contributed by atoms with van der Waals surface area (Å²) in [5, 5.41) is 9.54. The van der Waals surface area contributed by atoms with E-state index in [2.05, 4.69) is 4.98 Å². The van der Waals surface area contributed by atoms with Gasteiger partial charge in [-0.2, -0.15) is 5.26 Å². The average Bonchev–Trinajstić information content (AvgIpc) is 3.10. The number of aromatic nitrogens is 4. The Morgan fingerprint density at radius 1 is 1.19 bits per heavy atom. The summed E-state index contributed by atoms with van der Waals surface area (Å²) in [6, 6.07) is 11.5. The maximum Gasteiger partial charge on any atom is 0.332 e. The lowest BCUT2D eigenvalue weighted by molar-refractivity contribution is -0.145. The maximum atomic E-state index is 13.2. The molecule has 1 unspecified atom stereocenters. The molecule has 9 nitrogen and oxygen atoms in total. The van der Waals surface area contributed by atoms with Gasteiger partial charge in [-0.15, -0.1) is 0 Å². The Morgan fingerprint density at radius 2 is 1.90 bits per heavy atom. The van der Waals surface area contributed by atoms with Crippen LogP contribution >= 0.6 is 0 Å². The van der Waals surface area contributed by atoms with Gasteiger partial charge in [-0.05, 0) is 31.7 Å². The molecule has 3 aromatic rings. The summed E-state index contributed by atoms with van der Waals surface area (Å²) in [7, 11) is 1.55. The molecule has 0 aliphatic carbocycles. The molecular formula is C22H25N5O4. The van der Waals surface area contributed by atoms with E-state index in [1.165, 1.54) is 16.1 Å². The Balaban J connectivity index is 1.94. The third-order valence-corrected chi connectivity index (χ3v) is 5.13. The first kappa shape index (κ1) is 22.0. The average molecular weight is 423 g/mol. The van der Waals surface area contributed by atoms with Crippen molar-refractivity contribution in [3.63, 3.8) is 0 Å². The fourth-order valence-corrected chi connectivity index (χ4v) is 3.62. The summed E-state index contributed by atoms with van der Waals surface area (Å²) in [5.74, 6) is -0.248. The van der Waals surface area contributed by atoms with Crippen molar-refractivity contribution in [2.45, 2.75) is 52.3 Å². The smallest absolute Gasteiger partial charge is 0.332 e. The molecule has 1 atom stereocenters. The van der Waals surface area contributed by atoms with Crippen molar-refractivity contribution in [2.75, 3.05) is 0 Å². The van der Waals surface area contributed by atoms with Gasteiger partial charge >= 0.3 is 11.7 Å². The van der Waals surface area contributed by atoms with E-state index < -0.39 is 11.2 Å². The van der Waals surface area contributed by atoms with E-state index >= 15 is 0 Å². The molecule has 0 radical (unpaired) electrons. The molecule has 0 saturated carbocycles. The maximum absolute atomic E-state index is 13.2. The number of carbonyl (C=O) groups is 1. The van der Waals surface area contributed by atoms with Crippen LogP contribution in [0.1, 0.15) is 44.5 Å². The highest BCUT2D eigenvalue weighted by atomic mass is 16.5. The number of fused-ring (bicyclic) bond motifs is 1. The Hall–Kier alpha value is -3.67. The zero-order valence-electron chi connectivity index (χ0n) is 17.9. The van der Waals surface area contributed by atoms with E-state index in [1.54, 1.807) is 11.6 Å². The van der Waals surface area contributed by atoms with Gasteiger partial charge in [0.05, 0.1) is 12.6 Å². The number of hydrogen-bond acceptors (Lipinski definition) is 6. The first-order valence-corrected chi connectivity index (χ1v) is 10.1. The number of nitriles is 1. The van der Waals surface area contributed by atoms with Gasteiger partial charge in [0.2, 0.25) is 5.82 Å². The Bertz CT molecular complexity index is 1250. The molecule has 2 aromatic heterocycles. The van der Waals surface area contributed by atoms with Gasteiger partial charge in [-0.25, -0.2) is 9.78 Å². The lowest BCUT2D eigenvalue weighted by Crippen LogP contribution is -2.39. The largest absolute Gasteiger partial charge is 0.463 e. The first-order chi connectivity index (χ1) is 14.8. The summed E-state index contributed by atoms with van der Waals surface area (Å²) in [4.78, 5) is 41.2. The Kier molecular flexibility index (Phi) is 6.70. The fraction of sp³-hybridized carbons (Fsp3) is 0.409. The topological polar surface area (TPSA) is 112 Å². The van der Waals surface area contributed by atoms with E-state index in [4.69, 9.17) is 4.74 Å². The summed E-state index contributed by atoms with van der Waals surface area (Å²) in [6.07, 6.45) is 1.69. The lowest BCUT2D eigenvalue weighted by atomic mass is 10.1. The van der Waals surface area contributed by atoms with Crippen LogP contribution in [0.5, 0.6) is 0 Å². The second-order valence-corrected chi connectivity index (χ2v) is 7.51. The standard InChI is InChI=1S/C22H25N5O4/c1-15(31-16(2)28)9-7-8-12-26-21(29)19-20(25(3)22(26)30)24-18(13-23)27(19)14-17-10-5-4-6-11-17/h4-6,10-11,15H,7-9,12,14H2,1-3H3. The van der Waals surface area contributed by atoms with Crippen molar-refractivity contribution in [2.24, 2.45) is 7.05 Å². The molecule has 31 heavy (non-hydrogen) atoms. The number of rotatable bonds is 8. The molecule has 0 aliphatic rings. The predicted octanol–water partition coefficient (Wildman–Crippen LogP) is 1.94. The number of benzene rings is 1. The van der Waals surface area contributed by atoms with Gasteiger partial charge in [0.15, 0.2) is 11.2 Å². The summed E-state index contributed by atoms with van der Waals surface area (Å²) < 4.78 is 9.15. The zero-order valence-corrected chi connectivity index (χ0v) is 17.9. The Morgan fingerprint density at radius 3 is 2.55 bits per heavy atom. The van der Waals surface area contributed by atoms with Gasteiger partial charge in [0.25, 0.3) is 5.56 Å². The minimum Gasteiger partial charge on any atom is -0.463 e. The third kappa shape index (κ3) is 4.74. The van der Waals surface area contributed by atoms with Crippen LogP contribution in [0.3, 0.4) is 0 Å². The van der Waals surface area contributed by atoms with Gasteiger partial charge in [-0.1, -0.05) is 30.3 Å². The molecule has 0 bridgehead atoms. The van der Waals surface area contributed by atoms with E-state index in [1.807, 2.05) is 43.3 Å². The van der Waals surface area contributed by atoms with E-state index in [0.717, 1.165) is 5.56 Å². The minimum atomic E-state index is -0.473. The minimum absolute atomic E-state index is 0.0823. The first-order valence-electron chi connectivity index (χ1n) is 10.1. The van der Waals surface area contributed by atoms with E-state index in [-0.39, 0.29) is 35.6 Å². The molecule has 1 aromatic carbocycles. The second kappa shape index (κ2) is 9.43. The van der Waals surface area contributed by atoms with Crippen LogP contribution in [-0.4, -0.2) is 30.8 Å². The van der Waals surface area contributed by atoms with Crippen LogP contribution in [0.4, 0.5) is 0 Å². The SMILES string of the molecule is CC(=O)OC(C)CCCCn1c(=O)c2c(nc(C#N)n2Cc2ccccc2)n(C)c1=O. The van der Waals surface area contributed by atoms with Crippen LogP contribution in [-0.2, 0) is 29.7 Å². The third-order valence-electron chi connectivity index (χ3n) is 5.13. The van der Waals surface area contributed by atoms with Gasteiger partial charge in [-0.3, -0.25) is 18.7 Å². The second-order valence-electron chi connectivity index (χ2n) is 7.51. The fourth-order valence-electron chi connectivity index (χ4n) is 3.62. The molecule has 0 spiro atoms. The number of ether oxygens (including phenoxy) is 1. The van der Waals surface area contributed by atoms with Gasteiger partial charge < -0.3 is 9.30 Å². The number of carbonyl (C=O) groups excluding carboxylic acids is 1. The highest BCUT2D eigenvalue weighted by Crippen LogP contribution is 2.14. The number of hydrogen-bond donors (Lipinski definition) is 0. The van der Waals surface area contributed by atoms with Crippen LogP contribution in [0, 0.1) is 11.3 Å². The van der Waals surface area contributed by atoms with Crippen molar-refractivity contribution in [3.05, 3.63) is 62.6 Å².